The molecule has 0 aliphatic heterocycles. The van der Waals surface area contributed by atoms with Crippen LogP contribution in [0, 0.1) is 11.8 Å². The molecule has 1 rings (SSSR count). The van der Waals surface area contributed by atoms with Crippen LogP contribution in [0.4, 0.5) is 0 Å². The summed E-state index contributed by atoms with van der Waals surface area (Å²) in [5, 5.41) is 20.4. The minimum atomic E-state index is -0.903. The summed E-state index contributed by atoms with van der Waals surface area (Å²) in [7, 11) is 0. The first-order valence-electron chi connectivity index (χ1n) is 29.8. The van der Waals surface area contributed by atoms with E-state index < -0.39 is 23.9 Å². The van der Waals surface area contributed by atoms with Crippen molar-refractivity contribution >= 4 is 23.9 Å². The fourth-order valence-electron chi connectivity index (χ4n) is 8.62. The van der Waals surface area contributed by atoms with E-state index in [2.05, 4.69) is 41.5 Å². The first-order valence-corrected chi connectivity index (χ1v) is 29.8. The maximum Gasteiger partial charge on any atom is 2.00 e. The van der Waals surface area contributed by atoms with Gasteiger partial charge in [-0.15, -0.1) is 0 Å². The van der Waals surface area contributed by atoms with Gasteiger partial charge in [-0.1, -0.05) is 285 Å². The number of benzene rings is 1. The number of carbonyl (C=O) groups excluding carboxylic acids is 4. The fraction of sp³-hybridized carbons (Fsp3) is 0.839. The van der Waals surface area contributed by atoms with Gasteiger partial charge in [-0.2, -0.15) is 0 Å². The van der Waals surface area contributed by atoms with Crippen LogP contribution in [0.5, 0.6) is 0 Å². The predicted molar refractivity (Wildman–Crippen MR) is 292 cm³/mol. The van der Waals surface area contributed by atoms with Crippen molar-refractivity contribution in [1.29, 1.82) is 0 Å². The summed E-state index contributed by atoms with van der Waals surface area (Å²) >= 11 is 0. The van der Waals surface area contributed by atoms with E-state index in [4.69, 9.17) is 9.47 Å². The maximum absolute atomic E-state index is 12.4. The van der Waals surface area contributed by atoms with Gasteiger partial charge in [0.05, 0.1) is 24.3 Å². The van der Waals surface area contributed by atoms with Crippen molar-refractivity contribution in [2.45, 2.75) is 311 Å². The number of esters is 2. The zero-order chi connectivity index (χ0) is 52.0. The molecule has 9 heteroatoms. The predicted octanol–water partition coefficient (Wildman–Crippen LogP) is 17.2. The Bertz CT molecular complexity index is 1200. The number of carbonyl (C=O) groups is 4. The van der Waals surface area contributed by atoms with Crippen molar-refractivity contribution in [1.82, 2.24) is 0 Å². The van der Waals surface area contributed by atoms with Crippen LogP contribution in [-0.4, -0.2) is 37.1 Å². The van der Waals surface area contributed by atoms with Gasteiger partial charge in [0.2, 0.25) is 0 Å². The first-order chi connectivity index (χ1) is 34.0. The molecule has 0 bridgehead atoms. The quantitative estimate of drug-likeness (QED) is 0.0358. The second-order valence-corrected chi connectivity index (χ2v) is 21.2. The molecule has 0 amide bonds. The van der Waals surface area contributed by atoms with E-state index in [1.54, 1.807) is 24.3 Å². The minimum Gasteiger partial charge on any atom is -0.550 e. The van der Waals surface area contributed by atoms with Crippen molar-refractivity contribution in [3.63, 3.8) is 0 Å². The SMILES string of the molecule is CC(C)CCCCCCOC(=O)c1ccccc1C(=O)OCCCCCCC(C)C.CCCCCCCCCCCCCCCCCC(=O)[O-].CCCCCCCCCCCCCCCCCC(=O)[O-].[Zn+2]. The molecular weight excluding hydrogens is 938 g/mol. The number of hydrogen-bond acceptors (Lipinski definition) is 8. The molecule has 0 saturated carbocycles. The van der Waals surface area contributed by atoms with E-state index in [9.17, 15) is 29.4 Å². The van der Waals surface area contributed by atoms with Crippen molar-refractivity contribution in [2.24, 2.45) is 11.8 Å². The zero-order valence-electron chi connectivity index (χ0n) is 47.5. The summed E-state index contributed by atoms with van der Waals surface area (Å²) in [6.07, 6.45) is 50.8. The van der Waals surface area contributed by atoms with Crippen molar-refractivity contribution in [3.05, 3.63) is 35.4 Å². The van der Waals surface area contributed by atoms with Crippen LogP contribution in [0.3, 0.4) is 0 Å². The van der Waals surface area contributed by atoms with E-state index in [0.717, 1.165) is 76.0 Å². The van der Waals surface area contributed by atoms with Crippen molar-refractivity contribution in [3.8, 4) is 0 Å². The van der Waals surface area contributed by atoms with Crippen LogP contribution in [0.1, 0.15) is 332 Å². The zero-order valence-corrected chi connectivity index (χ0v) is 50.5. The maximum atomic E-state index is 12.4. The second kappa shape index (κ2) is 58.6. The van der Waals surface area contributed by atoms with Gasteiger partial charge in [-0.05, 0) is 62.5 Å². The number of hydrogen-bond donors (Lipinski definition) is 0. The van der Waals surface area contributed by atoms with E-state index >= 15 is 0 Å². The van der Waals surface area contributed by atoms with Crippen molar-refractivity contribution < 1.29 is 58.3 Å². The molecule has 0 saturated heterocycles. The number of aliphatic carboxylic acids is 2. The third kappa shape index (κ3) is 58.5. The van der Waals surface area contributed by atoms with E-state index in [1.807, 2.05) is 0 Å². The van der Waals surface area contributed by atoms with Gasteiger partial charge in [0.1, 0.15) is 0 Å². The third-order valence-corrected chi connectivity index (χ3v) is 13.2. The molecule has 0 radical (unpaired) electrons. The molecule has 0 aliphatic rings. The van der Waals surface area contributed by atoms with Gasteiger partial charge in [-0.3, -0.25) is 0 Å². The molecule has 71 heavy (non-hydrogen) atoms. The molecule has 0 fully saturated rings. The molecule has 8 nitrogen and oxygen atoms in total. The van der Waals surface area contributed by atoms with Gasteiger partial charge in [-0.25, -0.2) is 9.59 Å². The molecule has 0 aromatic heterocycles. The molecule has 410 valence electrons. The Morgan fingerprint density at radius 1 is 0.366 bits per heavy atom. The van der Waals surface area contributed by atoms with E-state index in [0.29, 0.717) is 24.3 Å². The Hall–Kier alpha value is -2.28. The number of carboxylic acids is 2. The van der Waals surface area contributed by atoms with Gasteiger partial charge in [0.25, 0.3) is 0 Å². The second-order valence-electron chi connectivity index (χ2n) is 21.2. The summed E-state index contributed by atoms with van der Waals surface area (Å²) < 4.78 is 10.8. The van der Waals surface area contributed by atoms with Gasteiger partial charge in [0, 0.05) is 11.9 Å². The Balaban J connectivity index is -0.00000100. The molecule has 0 aliphatic carbocycles. The molecule has 1 aromatic rings. The largest absolute Gasteiger partial charge is 2.00 e. The average Bonchev–Trinajstić information content (AvgIpc) is 3.33. The number of unbranched alkanes of at least 4 members (excludes halogenated alkanes) is 34. The molecule has 0 heterocycles. The van der Waals surface area contributed by atoms with Crippen molar-refractivity contribution in [2.75, 3.05) is 13.2 Å². The molecular formula is C62H112O8Zn. The molecule has 0 N–H and O–H groups in total. The van der Waals surface area contributed by atoms with E-state index in [-0.39, 0.29) is 32.3 Å². The van der Waals surface area contributed by atoms with Crippen LogP contribution in [-0.2, 0) is 38.5 Å². The summed E-state index contributed by atoms with van der Waals surface area (Å²) in [6.45, 7) is 14.3. The summed E-state index contributed by atoms with van der Waals surface area (Å²) in [5.41, 5.74) is 0.582. The van der Waals surface area contributed by atoms with Crippen LogP contribution >= 0.6 is 0 Å². The number of rotatable bonds is 48. The third-order valence-electron chi connectivity index (χ3n) is 13.2. The molecule has 0 unspecified atom stereocenters. The topological polar surface area (TPSA) is 133 Å². The van der Waals surface area contributed by atoms with E-state index in [1.165, 1.54) is 193 Å². The minimum absolute atomic E-state index is 0. The Labute approximate surface area is 451 Å². The Kier molecular flexibility index (Phi) is 60.2. The molecule has 0 spiro atoms. The summed E-state index contributed by atoms with van der Waals surface area (Å²) in [5.74, 6) is -1.22. The normalized spacial score (nSPS) is 10.8. The van der Waals surface area contributed by atoms with Crippen LogP contribution < -0.4 is 10.2 Å². The standard InChI is InChI=1S/C26H42O4.2C18H36O2.Zn/c1-21(2)15-9-5-7-13-19-29-25(27)23-17-11-12-18-24(23)26(28)30-20-14-8-6-10-16-22(3)4;2*1-2-3-4-5-6-7-8-9-10-11-12-13-14-15-16-17-18(19)20;/h11-12,17-18,21-22H,5-10,13-16,19-20H2,1-4H3;2*2-17H2,1H3,(H,19,20);/q;;;+2/p-2. The van der Waals surface area contributed by atoms with Crippen LogP contribution in [0.15, 0.2) is 24.3 Å². The number of carboxylic acid groups (broad SMARTS) is 2. The van der Waals surface area contributed by atoms with Crippen LogP contribution in [0.25, 0.3) is 0 Å². The smallest absolute Gasteiger partial charge is 0.550 e. The van der Waals surface area contributed by atoms with Gasteiger partial charge < -0.3 is 29.3 Å². The monoisotopic (exact) mass is 1050 g/mol. The Morgan fingerprint density at radius 2 is 0.592 bits per heavy atom. The van der Waals surface area contributed by atoms with Gasteiger partial charge >= 0.3 is 31.4 Å². The Morgan fingerprint density at radius 3 is 0.831 bits per heavy atom. The van der Waals surface area contributed by atoms with Gasteiger partial charge in [0.15, 0.2) is 0 Å². The average molecular weight is 1050 g/mol. The fourth-order valence-corrected chi connectivity index (χ4v) is 8.62. The molecule has 1 aromatic carbocycles. The molecule has 0 atom stereocenters. The summed E-state index contributed by atoms with van der Waals surface area (Å²) in [4.78, 5) is 45.3. The first kappa shape index (κ1) is 73.0. The number of ether oxygens (including phenoxy) is 2. The van der Waals surface area contributed by atoms with Crippen LogP contribution in [0.2, 0.25) is 0 Å². The summed E-state index contributed by atoms with van der Waals surface area (Å²) in [6, 6.07) is 6.75.